The van der Waals surface area contributed by atoms with E-state index in [9.17, 15) is 4.79 Å². The summed E-state index contributed by atoms with van der Waals surface area (Å²) in [5.41, 5.74) is 0.951. The maximum atomic E-state index is 12.0. The van der Waals surface area contributed by atoms with Gasteiger partial charge in [0.25, 0.3) is 0 Å². The molecule has 5 nitrogen and oxygen atoms in total. The smallest absolute Gasteiger partial charge is 0.240 e. The van der Waals surface area contributed by atoms with E-state index in [2.05, 4.69) is 10.4 Å². The van der Waals surface area contributed by atoms with Gasteiger partial charge in [-0.3, -0.25) is 9.48 Å². The van der Waals surface area contributed by atoms with Crippen LogP contribution in [0.25, 0.3) is 0 Å². The Hall–Kier alpha value is -1.36. The van der Waals surface area contributed by atoms with Crippen molar-refractivity contribution in [2.45, 2.75) is 25.4 Å². The number of piperidine rings is 1. The zero-order valence-corrected chi connectivity index (χ0v) is 9.81. The quantitative estimate of drug-likeness (QED) is 0.791. The Balaban J connectivity index is 2.01. The lowest BCUT2D eigenvalue weighted by atomic mass is 10.0. The van der Waals surface area contributed by atoms with Crippen LogP contribution < -0.4 is 5.32 Å². The number of likely N-dealkylation sites (tertiary alicyclic amines) is 1. The number of carbonyl (C=O) groups excluding carboxylic acids is 1. The number of hydrogen-bond acceptors (Lipinski definition) is 3. The second-order valence-corrected chi connectivity index (χ2v) is 4.22. The molecule has 1 unspecified atom stereocenters. The van der Waals surface area contributed by atoms with Gasteiger partial charge in [0, 0.05) is 19.8 Å². The highest BCUT2D eigenvalue weighted by Gasteiger charge is 2.27. The molecule has 0 spiro atoms. The Labute approximate surface area is 95.4 Å². The molecule has 5 heteroatoms. The first kappa shape index (κ1) is 11.1. The molecule has 1 atom stereocenters. The maximum Gasteiger partial charge on any atom is 0.240 e. The van der Waals surface area contributed by atoms with Crippen molar-refractivity contribution in [3.63, 3.8) is 0 Å². The molecule has 16 heavy (non-hydrogen) atoms. The number of carbonyl (C=O) groups is 1. The fourth-order valence-electron chi connectivity index (χ4n) is 2.11. The third kappa shape index (κ3) is 2.24. The summed E-state index contributed by atoms with van der Waals surface area (Å²) in [6, 6.07) is 1.94. The molecule has 0 radical (unpaired) electrons. The van der Waals surface area contributed by atoms with E-state index in [1.165, 1.54) is 0 Å². The molecule has 0 saturated carbocycles. The van der Waals surface area contributed by atoms with Crippen molar-refractivity contribution in [2.24, 2.45) is 7.05 Å². The average Bonchev–Trinajstić information content (AvgIpc) is 2.67. The summed E-state index contributed by atoms with van der Waals surface area (Å²) in [7, 11) is 3.73. The predicted octanol–water partition coefficient (Wildman–Crippen LogP) is 0.130. The van der Waals surface area contributed by atoms with Crippen LogP contribution in [0.4, 0.5) is 0 Å². The minimum atomic E-state index is -0.0162. The normalized spacial score (nSPS) is 21.5. The standard InChI is InChI=1S/C11H18N4O/c1-12-10-4-3-6-15(11(10)16)8-9-5-7-14(2)13-9/h5,7,10,12H,3-4,6,8H2,1-2H3. The third-order valence-corrected chi connectivity index (χ3v) is 3.00. The van der Waals surface area contributed by atoms with E-state index in [0.29, 0.717) is 6.54 Å². The van der Waals surface area contributed by atoms with Crippen molar-refractivity contribution in [1.29, 1.82) is 0 Å². The molecule has 1 aliphatic rings. The number of likely N-dealkylation sites (N-methyl/N-ethyl adjacent to an activating group) is 1. The number of nitrogens with zero attached hydrogens (tertiary/aromatic N) is 3. The predicted molar refractivity (Wildman–Crippen MR) is 60.7 cm³/mol. The third-order valence-electron chi connectivity index (χ3n) is 3.00. The molecule has 2 heterocycles. The Morgan fingerprint density at radius 1 is 1.62 bits per heavy atom. The van der Waals surface area contributed by atoms with E-state index in [4.69, 9.17) is 0 Å². The molecular formula is C11H18N4O. The topological polar surface area (TPSA) is 50.2 Å². The number of aromatic nitrogens is 2. The Kier molecular flexibility index (Phi) is 3.24. The molecule has 0 aromatic carbocycles. The lowest BCUT2D eigenvalue weighted by molar-refractivity contribution is -0.136. The second kappa shape index (κ2) is 4.65. The van der Waals surface area contributed by atoms with Crippen LogP contribution in [0.1, 0.15) is 18.5 Å². The zero-order valence-electron chi connectivity index (χ0n) is 9.81. The van der Waals surface area contributed by atoms with Crippen LogP contribution in [0.2, 0.25) is 0 Å². The van der Waals surface area contributed by atoms with Crippen LogP contribution in [0.3, 0.4) is 0 Å². The van der Waals surface area contributed by atoms with Crippen LogP contribution in [0.5, 0.6) is 0 Å². The monoisotopic (exact) mass is 222 g/mol. The first-order valence-electron chi connectivity index (χ1n) is 5.65. The zero-order chi connectivity index (χ0) is 11.5. The Bertz CT molecular complexity index is 374. The van der Waals surface area contributed by atoms with Crippen LogP contribution in [-0.2, 0) is 18.4 Å². The fourth-order valence-corrected chi connectivity index (χ4v) is 2.11. The summed E-state index contributed by atoms with van der Waals surface area (Å²) >= 11 is 0. The van der Waals surface area contributed by atoms with Gasteiger partial charge in [0.1, 0.15) is 0 Å². The summed E-state index contributed by atoms with van der Waals surface area (Å²) in [5, 5.41) is 7.35. The highest BCUT2D eigenvalue weighted by Crippen LogP contribution is 2.13. The van der Waals surface area contributed by atoms with E-state index in [1.807, 2.05) is 31.3 Å². The van der Waals surface area contributed by atoms with Crippen molar-refractivity contribution < 1.29 is 4.79 Å². The van der Waals surface area contributed by atoms with Gasteiger partial charge in [-0.05, 0) is 26.0 Å². The molecule has 1 saturated heterocycles. The lowest BCUT2D eigenvalue weighted by Crippen LogP contribution is -2.49. The summed E-state index contributed by atoms with van der Waals surface area (Å²) in [6.45, 7) is 1.46. The average molecular weight is 222 g/mol. The number of amides is 1. The molecule has 88 valence electrons. The molecule has 1 aromatic rings. The summed E-state index contributed by atoms with van der Waals surface area (Å²) in [6.07, 6.45) is 3.90. The minimum absolute atomic E-state index is 0.0162. The van der Waals surface area contributed by atoms with E-state index >= 15 is 0 Å². The summed E-state index contributed by atoms with van der Waals surface area (Å²) < 4.78 is 1.76. The molecular weight excluding hydrogens is 204 g/mol. The van der Waals surface area contributed by atoms with Crippen molar-refractivity contribution in [2.75, 3.05) is 13.6 Å². The van der Waals surface area contributed by atoms with E-state index in [0.717, 1.165) is 25.1 Å². The van der Waals surface area contributed by atoms with Gasteiger partial charge in [-0.1, -0.05) is 0 Å². The Morgan fingerprint density at radius 3 is 3.06 bits per heavy atom. The van der Waals surface area contributed by atoms with Gasteiger partial charge in [0.15, 0.2) is 0 Å². The van der Waals surface area contributed by atoms with Crippen molar-refractivity contribution in [1.82, 2.24) is 20.0 Å². The number of rotatable bonds is 3. The number of nitrogens with one attached hydrogen (secondary N) is 1. The molecule has 0 bridgehead atoms. The molecule has 0 aliphatic carbocycles. The van der Waals surface area contributed by atoms with Gasteiger partial charge in [-0.25, -0.2) is 0 Å². The number of aryl methyl sites for hydroxylation is 1. The SMILES string of the molecule is CNC1CCCN(Cc2ccn(C)n2)C1=O. The maximum absolute atomic E-state index is 12.0. The largest absolute Gasteiger partial charge is 0.335 e. The van der Waals surface area contributed by atoms with Crippen LogP contribution in [0, 0.1) is 0 Å². The second-order valence-electron chi connectivity index (χ2n) is 4.22. The molecule has 1 amide bonds. The lowest BCUT2D eigenvalue weighted by Gasteiger charge is -2.31. The van der Waals surface area contributed by atoms with E-state index in [-0.39, 0.29) is 11.9 Å². The van der Waals surface area contributed by atoms with Gasteiger partial charge in [-0.2, -0.15) is 5.10 Å². The van der Waals surface area contributed by atoms with Gasteiger partial charge < -0.3 is 10.2 Å². The highest BCUT2D eigenvalue weighted by molar-refractivity contribution is 5.82. The minimum Gasteiger partial charge on any atom is -0.335 e. The van der Waals surface area contributed by atoms with Crippen LogP contribution >= 0.6 is 0 Å². The van der Waals surface area contributed by atoms with Crippen LogP contribution in [0.15, 0.2) is 12.3 Å². The van der Waals surface area contributed by atoms with Gasteiger partial charge in [0.2, 0.25) is 5.91 Å². The highest BCUT2D eigenvalue weighted by atomic mass is 16.2. The van der Waals surface area contributed by atoms with Crippen molar-refractivity contribution >= 4 is 5.91 Å². The Morgan fingerprint density at radius 2 is 2.44 bits per heavy atom. The summed E-state index contributed by atoms with van der Waals surface area (Å²) in [4.78, 5) is 13.9. The first-order chi connectivity index (χ1) is 7.70. The van der Waals surface area contributed by atoms with Gasteiger partial charge in [0.05, 0.1) is 18.3 Å². The molecule has 2 rings (SSSR count). The van der Waals surface area contributed by atoms with Gasteiger partial charge in [-0.15, -0.1) is 0 Å². The molecule has 1 aromatic heterocycles. The first-order valence-corrected chi connectivity index (χ1v) is 5.65. The van der Waals surface area contributed by atoms with Crippen LogP contribution in [-0.4, -0.2) is 40.2 Å². The molecule has 1 N–H and O–H groups in total. The fraction of sp³-hybridized carbons (Fsp3) is 0.636. The molecule has 1 fully saturated rings. The van der Waals surface area contributed by atoms with E-state index in [1.54, 1.807) is 4.68 Å². The van der Waals surface area contributed by atoms with Crippen molar-refractivity contribution in [3.8, 4) is 0 Å². The molecule has 1 aliphatic heterocycles. The van der Waals surface area contributed by atoms with Gasteiger partial charge >= 0.3 is 0 Å². The number of hydrogen-bond donors (Lipinski definition) is 1. The van der Waals surface area contributed by atoms with Crippen molar-refractivity contribution in [3.05, 3.63) is 18.0 Å². The summed E-state index contributed by atoms with van der Waals surface area (Å²) in [5.74, 6) is 0.194. The van der Waals surface area contributed by atoms with E-state index < -0.39 is 0 Å².